The van der Waals surface area contributed by atoms with Crippen molar-refractivity contribution in [3.8, 4) is 0 Å². The van der Waals surface area contributed by atoms with Crippen molar-refractivity contribution >= 4 is 5.69 Å². The molecule has 0 aliphatic heterocycles. The minimum absolute atomic E-state index is 0.952. The van der Waals surface area contributed by atoms with Gasteiger partial charge in [0.2, 0.25) is 0 Å². The minimum atomic E-state index is 0.952. The first-order valence-electron chi connectivity index (χ1n) is 4.08. The Morgan fingerprint density at radius 3 is 2.83 bits per heavy atom. The molecule has 12 heavy (non-hydrogen) atoms. The molecule has 1 aromatic heterocycles. The number of hydrogen-bond acceptors (Lipinski definition) is 3. The standard InChI is InChI=1S/C8H16N4/c1-7-8(6-10-11-7)9-4-5-12(2)3/h6,9H,4-5H2,1-3H3,(H,10,11). The summed E-state index contributed by atoms with van der Waals surface area (Å²) in [5.74, 6) is 0. The van der Waals surface area contributed by atoms with Crippen LogP contribution in [0.2, 0.25) is 0 Å². The van der Waals surface area contributed by atoms with E-state index in [4.69, 9.17) is 0 Å². The number of anilines is 1. The van der Waals surface area contributed by atoms with E-state index in [-0.39, 0.29) is 0 Å². The summed E-state index contributed by atoms with van der Waals surface area (Å²) >= 11 is 0. The molecule has 0 amide bonds. The van der Waals surface area contributed by atoms with Gasteiger partial charge in [0, 0.05) is 13.1 Å². The fraction of sp³-hybridized carbons (Fsp3) is 0.625. The van der Waals surface area contributed by atoms with Gasteiger partial charge in [-0.3, -0.25) is 5.10 Å². The molecule has 1 aromatic rings. The summed E-state index contributed by atoms with van der Waals surface area (Å²) in [7, 11) is 4.12. The third kappa shape index (κ3) is 2.54. The first-order valence-corrected chi connectivity index (χ1v) is 4.08. The number of likely N-dealkylation sites (N-methyl/N-ethyl adjacent to an activating group) is 1. The average Bonchev–Trinajstić information content (AvgIpc) is 2.36. The van der Waals surface area contributed by atoms with Gasteiger partial charge < -0.3 is 10.2 Å². The lowest BCUT2D eigenvalue weighted by Gasteiger charge is -2.10. The maximum atomic E-state index is 3.92. The fourth-order valence-corrected chi connectivity index (χ4v) is 0.943. The Kier molecular flexibility index (Phi) is 3.10. The summed E-state index contributed by atoms with van der Waals surface area (Å²) in [4.78, 5) is 2.14. The first-order chi connectivity index (χ1) is 5.70. The number of H-pyrrole nitrogens is 1. The Balaban J connectivity index is 2.29. The van der Waals surface area contributed by atoms with E-state index in [9.17, 15) is 0 Å². The van der Waals surface area contributed by atoms with Crippen molar-refractivity contribution in [2.24, 2.45) is 0 Å². The third-order valence-electron chi connectivity index (χ3n) is 1.70. The number of rotatable bonds is 4. The van der Waals surface area contributed by atoms with Crippen LogP contribution < -0.4 is 5.32 Å². The lowest BCUT2D eigenvalue weighted by molar-refractivity contribution is 0.425. The van der Waals surface area contributed by atoms with E-state index in [0.717, 1.165) is 24.5 Å². The summed E-state index contributed by atoms with van der Waals surface area (Å²) in [6.07, 6.45) is 1.81. The fourth-order valence-electron chi connectivity index (χ4n) is 0.943. The summed E-state index contributed by atoms with van der Waals surface area (Å²) in [6.45, 7) is 3.99. The van der Waals surface area contributed by atoms with E-state index in [1.54, 1.807) is 0 Å². The second-order valence-corrected chi connectivity index (χ2v) is 3.14. The zero-order valence-electron chi connectivity index (χ0n) is 7.89. The van der Waals surface area contributed by atoms with E-state index in [0.29, 0.717) is 0 Å². The molecule has 0 saturated heterocycles. The maximum Gasteiger partial charge on any atom is 0.0753 e. The SMILES string of the molecule is Cc1[nH]ncc1NCCN(C)C. The molecule has 1 heterocycles. The Morgan fingerprint density at radius 2 is 2.33 bits per heavy atom. The summed E-state index contributed by atoms with van der Waals surface area (Å²) < 4.78 is 0. The van der Waals surface area contributed by atoms with Crippen molar-refractivity contribution in [2.75, 3.05) is 32.5 Å². The van der Waals surface area contributed by atoms with Gasteiger partial charge in [0.05, 0.1) is 17.6 Å². The molecule has 0 fully saturated rings. The Labute approximate surface area is 73.0 Å². The maximum absolute atomic E-state index is 3.92. The van der Waals surface area contributed by atoms with Crippen LogP contribution >= 0.6 is 0 Å². The number of aromatic amines is 1. The molecule has 0 radical (unpaired) electrons. The van der Waals surface area contributed by atoms with E-state index < -0.39 is 0 Å². The van der Waals surface area contributed by atoms with Gasteiger partial charge in [0.25, 0.3) is 0 Å². The molecule has 2 N–H and O–H groups in total. The van der Waals surface area contributed by atoms with Crippen LogP contribution in [0.15, 0.2) is 6.20 Å². The largest absolute Gasteiger partial charge is 0.381 e. The van der Waals surface area contributed by atoms with Crippen LogP contribution in [0.3, 0.4) is 0 Å². The van der Waals surface area contributed by atoms with E-state index >= 15 is 0 Å². The molecule has 0 spiro atoms. The van der Waals surface area contributed by atoms with Crippen molar-refractivity contribution in [3.63, 3.8) is 0 Å². The van der Waals surface area contributed by atoms with Crippen LogP contribution in [-0.2, 0) is 0 Å². The number of nitrogens with one attached hydrogen (secondary N) is 2. The monoisotopic (exact) mass is 168 g/mol. The summed E-state index contributed by atoms with van der Waals surface area (Å²) in [5, 5.41) is 10.1. The van der Waals surface area contributed by atoms with Crippen LogP contribution in [-0.4, -0.2) is 42.3 Å². The predicted octanol–water partition coefficient (Wildman–Crippen LogP) is 0.692. The van der Waals surface area contributed by atoms with Gasteiger partial charge in [-0.05, 0) is 21.0 Å². The topological polar surface area (TPSA) is 44.0 Å². The Morgan fingerprint density at radius 1 is 1.58 bits per heavy atom. The molecule has 0 bridgehead atoms. The second-order valence-electron chi connectivity index (χ2n) is 3.14. The molecule has 4 heteroatoms. The van der Waals surface area contributed by atoms with Gasteiger partial charge in [-0.15, -0.1) is 0 Å². The first kappa shape index (κ1) is 9.06. The van der Waals surface area contributed by atoms with Gasteiger partial charge in [-0.25, -0.2) is 0 Å². The van der Waals surface area contributed by atoms with Crippen LogP contribution in [0.1, 0.15) is 5.69 Å². The highest BCUT2D eigenvalue weighted by Gasteiger charge is 1.97. The van der Waals surface area contributed by atoms with Gasteiger partial charge in [0.1, 0.15) is 0 Å². The molecule has 0 atom stereocenters. The highest BCUT2D eigenvalue weighted by molar-refractivity contribution is 5.44. The van der Waals surface area contributed by atoms with Crippen molar-refractivity contribution in [1.82, 2.24) is 15.1 Å². The molecular weight excluding hydrogens is 152 g/mol. The van der Waals surface area contributed by atoms with Crippen molar-refractivity contribution in [2.45, 2.75) is 6.92 Å². The number of nitrogens with zero attached hydrogens (tertiary/aromatic N) is 2. The van der Waals surface area contributed by atoms with E-state index in [2.05, 4.69) is 34.5 Å². The zero-order valence-corrected chi connectivity index (χ0v) is 7.89. The smallest absolute Gasteiger partial charge is 0.0753 e. The molecule has 0 aliphatic rings. The lowest BCUT2D eigenvalue weighted by atomic mass is 10.4. The summed E-state index contributed by atoms with van der Waals surface area (Å²) in [5.41, 5.74) is 2.19. The quantitative estimate of drug-likeness (QED) is 0.695. The van der Waals surface area contributed by atoms with Crippen LogP contribution in [0.5, 0.6) is 0 Å². The number of aromatic nitrogens is 2. The van der Waals surface area contributed by atoms with Crippen molar-refractivity contribution < 1.29 is 0 Å². The van der Waals surface area contributed by atoms with Gasteiger partial charge in [-0.2, -0.15) is 5.10 Å². The van der Waals surface area contributed by atoms with Crippen LogP contribution in [0, 0.1) is 6.92 Å². The van der Waals surface area contributed by atoms with Gasteiger partial charge in [0.15, 0.2) is 0 Å². The molecule has 68 valence electrons. The van der Waals surface area contributed by atoms with Crippen LogP contribution in [0.4, 0.5) is 5.69 Å². The molecule has 0 aliphatic carbocycles. The number of hydrogen-bond donors (Lipinski definition) is 2. The average molecular weight is 168 g/mol. The van der Waals surface area contributed by atoms with Crippen molar-refractivity contribution in [3.05, 3.63) is 11.9 Å². The third-order valence-corrected chi connectivity index (χ3v) is 1.70. The van der Waals surface area contributed by atoms with E-state index in [1.165, 1.54) is 0 Å². The Hall–Kier alpha value is -1.03. The molecular formula is C8H16N4. The predicted molar refractivity (Wildman–Crippen MR) is 50.4 cm³/mol. The second kappa shape index (κ2) is 4.11. The van der Waals surface area contributed by atoms with Crippen molar-refractivity contribution in [1.29, 1.82) is 0 Å². The lowest BCUT2D eigenvalue weighted by Crippen LogP contribution is -2.20. The normalized spacial score (nSPS) is 10.7. The van der Waals surface area contributed by atoms with Crippen LogP contribution in [0.25, 0.3) is 0 Å². The highest BCUT2D eigenvalue weighted by atomic mass is 15.1. The minimum Gasteiger partial charge on any atom is -0.381 e. The molecule has 0 aromatic carbocycles. The zero-order chi connectivity index (χ0) is 8.97. The van der Waals surface area contributed by atoms with E-state index in [1.807, 2.05) is 13.1 Å². The molecule has 0 saturated carbocycles. The Bertz CT molecular complexity index is 229. The highest BCUT2D eigenvalue weighted by Crippen LogP contribution is 2.07. The van der Waals surface area contributed by atoms with Gasteiger partial charge in [-0.1, -0.05) is 0 Å². The number of aryl methyl sites for hydroxylation is 1. The molecule has 0 unspecified atom stereocenters. The molecule has 4 nitrogen and oxygen atoms in total. The summed E-state index contributed by atoms with van der Waals surface area (Å²) in [6, 6.07) is 0. The van der Waals surface area contributed by atoms with Gasteiger partial charge >= 0.3 is 0 Å². The molecule has 1 rings (SSSR count).